The molecule has 1 aliphatic rings. The molecule has 0 unspecified atom stereocenters. The van der Waals surface area contributed by atoms with E-state index in [1.165, 1.54) is 23.7 Å². The van der Waals surface area contributed by atoms with Gasteiger partial charge in [0, 0.05) is 11.4 Å². The predicted octanol–water partition coefficient (Wildman–Crippen LogP) is 3.46. The minimum Gasteiger partial charge on any atom is -0.467 e. The van der Waals surface area contributed by atoms with Gasteiger partial charge in [-0.1, -0.05) is 30.0 Å². The molecule has 1 aliphatic carbocycles. The van der Waals surface area contributed by atoms with E-state index in [1.807, 2.05) is 30.3 Å². The van der Waals surface area contributed by atoms with Crippen LogP contribution in [0.4, 0.5) is 4.79 Å². The molecule has 0 saturated carbocycles. The Morgan fingerprint density at radius 3 is 2.72 bits per heavy atom. The van der Waals surface area contributed by atoms with E-state index >= 15 is 0 Å². The molecule has 8 heteroatoms. The van der Waals surface area contributed by atoms with Crippen LogP contribution >= 0.6 is 11.8 Å². The zero-order chi connectivity index (χ0) is 20.1. The Morgan fingerprint density at radius 2 is 1.93 bits per heavy atom. The fourth-order valence-electron chi connectivity index (χ4n) is 3.37. The molecule has 3 amide bonds. The van der Waals surface area contributed by atoms with Crippen molar-refractivity contribution in [1.82, 2.24) is 20.2 Å². The van der Waals surface area contributed by atoms with Gasteiger partial charge in [0.15, 0.2) is 5.16 Å². The first-order chi connectivity index (χ1) is 14.2. The van der Waals surface area contributed by atoms with Crippen molar-refractivity contribution in [3.05, 3.63) is 65.9 Å². The molecular weight excluding hydrogens is 388 g/mol. The smallest absolute Gasteiger partial charge is 0.321 e. The fraction of sp³-hybridized carbons (Fsp3) is 0.286. The first kappa shape index (κ1) is 19.3. The SMILES string of the molecule is O=C(CSc1nc2c(n1-c1ccccc1)CCCC2)NC(=O)NCc1ccco1. The lowest BCUT2D eigenvalue weighted by atomic mass is 10.0. The van der Waals surface area contributed by atoms with Crippen LogP contribution in [-0.4, -0.2) is 27.2 Å². The predicted molar refractivity (Wildman–Crippen MR) is 110 cm³/mol. The van der Waals surface area contributed by atoms with Gasteiger partial charge in [0.2, 0.25) is 5.91 Å². The van der Waals surface area contributed by atoms with Gasteiger partial charge in [0.1, 0.15) is 5.76 Å². The van der Waals surface area contributed by atoms with Gasteiger partial charge in [-0.2, -0.15) is 0 Å². The number of imidazole rings is 1. The third kappa shape index (κ3) is 4.71. The third-order valence-corrected chi connectivity index (χ3v) is 5.64. The second-order valence-corrected chi connectivity index (χ2v) is 7.71. The van der Waals surface area contributed by atoms with Crippen LogP contribution in [0.15, 0.2) is 58.3 Å². The topological polar surface area (TPSA) is 89.2 Å². The molecule has 0 radical (unpaired) electrons. The number of imide groups is 1. The molecular formula is C21H22N4O3S. The summed E-state index contributed by atoms with van der Waals surface area (Å²) in [6.45, 7) is 0.227. The second-order valence-electron chi connectivity index (χ2n) is 6.76. The summed E-state index contributed by atoms with van der Waals surface area (Å²) >= 11 is 1.34. The van der Waals surface area contributed by atoms with Crippen molar-refractivity contribution in [2.24, 2.45) is 0 Å². The summed E-state index contributed by atoms with van der Waals surface area (Å²) in [5.41, 5.74) is 3.38. The Balaban J connectivity index is 1.39. The number of nitrogens with zero attached hydrogens (tertiary/aromatic N) is 2. The van der Waals surface area contributed by atoms with E-state index in [0.717, 1.165) is 42.2 Å². The highest BCUT2D eigenvalue weighted by atomic mass is 32.2. The van der Waals surface area contributed by atoms with Crippen molar-refractivity contribution in [3.8, 4) is 5.69 Å². The highest BCUT2D eigenvalue weighted by Gasteiger charge is 2.22. The highest BCUT2D eigenvalue weighted by molar-refractivity contribution is 7.99. The van der Waals surface area contributed by atoms with E-state index in [2.05, 4.69) is 15.2 Å². The molecule has 0 aliphatic heterocycles. The zero-order valence-electron chi connectivity index (χ0n) is 15.9. The molecule has 7 nitrogen and oxygen atoms in total. The average molecular weight is 410 g/mol. The van der Waals surface area contributed by atoms with Crippen molar-refractivity contribution in [1.29, 1.82) is 0 Å². The molecule has 2 N–H and O–H groups in total. The summed E-state index contributed by atoms with van der Waals surface area (Å²) in [4.78, 5) is 28.9. The van der Waals surface area contributed by atoms with E-state index < -0.39 is 6.03 Å². The summed E-state index contributed by atoms with van der Waals surface area (Å²) in [6.07, 6.45) is 5.76. The normalized spacial score (nSPS) is 13.0. The number of fused-ring (bicyclic) bond motifs is 1. The minimum absolute atomic E-state index is 0.108. The Bertz CT molecular complexity index is 983. The number of urea groups is 1. The van der Waals surface area contributed by atoms with Crippen LogP contribution in [-0.2, 0) is 24.2 Å². The molecule has 0 saturated heterocycles. The molecule has 0 fully saturated rings. The fourth-order valence-corrected chi connectivity index (χ4v) is 4.23. The highest BCUT2D eigenvalue weighted by Crippen LogP contribution is 2.30. The molecule has 2 heterocycles. The van der Waals surface area contributed by atoms with Crippen LogP contribution in [0.1, 0.15) is 30.0 Å². The molecule has 0 bridgehead atoms. The molecule has 0 atom stereocenters. The monoisotopic (exact) mass is 410 g/mol. The number of hydrogen-bond acceptors (Lipinski definition) is 5. The molecule has 1 aromatic carbocycles. The molecule has 150 valence electrons. The zero-order valence-corrected chi connectivity index (χ0v) is 16.7. The number of aryl methyl sites for hydroxylation is 1. The first-order valence-electron chi connectivity index (χ1n) is 9.59. The lowest BCUT2D eigenvalue weighted by molar-refractivity contribution is -0.117. The molecule has 4 rings (SSSR count). The van der Waals surface area contributed by atoms with Crippen molar-refractivity contribution in [2.75, 3.05) is 5.75 Å². The van der Waals surface area contributed by atoms with Crippen LogP contribution in [0.5, 0.6) is 0 Å². The summed E-state index contributed by atoms with van der Waals surface area (Å²) in [7, 11) is 0. The summed E-state index contributed by atoms with van der Waals surface area (Å²) in [5, 5.41) is 5.73. The van der Waals surface area contributed by atoms with Gasteiger partial charge in [-0.05, 0) is 49.9 Å². The Hall–Kier alpha value is -3.00. The lowest BCUT2D eigenvalue weighted by Crippen LogP contribution is -2.39. The maximum atomic E-state index is 12.2. The summed E-state index contributed by atoms with van der Waals surface area (Å²) < 4.78 is 7.29. The number of benzene rings is 1. The van der Waals surface area contributed by atoms with Crippen LogP contribution < -0.4 is 10.6 Å². The van der Waals surface area contributed by atoms with Gasteiger partial charge < -0.3 is 9.73 Å². The number of aromatic nitrogens is 2. The minimum atomic E-state index is -0.544. The molecule has 3 aromatic rings. The van der Waals surface area contributed by atoms with Crippen LogP contribution in [0.3, 0.4) is 0 Å². The van der Waals surface area contributed by atoms with Gasteiger partial charge in [0.05, 0.1) is 24.3 Å². The van der Waals surface area contributed by atoms with Crippen LogP contribution in [0.25, 0.3) is 5.69 Å². The van der Waals surface area contributed by atoms with E-state index in [-0.39, 0.29) is 18.2 Å². The molecule has 2 aromatic heterocycles. The molecule has 29 heavy (non-hydrogen) atoms. The van der Waals surface area contributed by atoms with Crippen LogP contribution in [0, 0.1) is 0 Å². The van der Waals surface area contributed by atoms with Gasteiger partial charge in [-0.15, -0.1) is 0 Å². The van der Waals surface area contributed by atoms with E-state index in [1.54, 1.807) is 12.1 Å². The number of carbonyl (C=O) groups excluding carboxylic acids is 2. The van der Waals surface area contributed by atoms with Crippen molar-refractivity contribution < 1.29 is 14.0 Å². The number of amides is 3. The maximum Gasteiger partial charge on any atom is 0.321 e. The van der Waals surface area contributed by atoms with Crippen molar-refractivity contribution in [2.45, 2.75) is 37.4 Å². The van der Waals surface area contributed by atoms with E-state index in [4.69, 9.17) is 9.40 Å². The largest absolute Gasteiger partial charge is 0.467 e. The van der Waals surface area contributed by atoms with E-state index in [0.29, 0.717) is 5.76 Å². The van der Waals surface area contributed by atoms with E-state index in [9.17, 15) is 9.59 Å². The number of thioether (sulfide) groups is 1. The average Bonchev–Trinajstić information content (AvgIpc) is 3.39. The van der Waals surface area contributed by atoms with Crippen LogP contribution in [0.2, 0.25) is 0 Å². The van der Waals surface area contributed by atoms with Gasteiger partial charge in [-0.25, -0.2) is 9.78 Å². The Kier molecular flexibility index (Phi) is 6.00. The number of para-hydroxylation sites is 1. The summed E-state index contributed by atoms with van der Waals surface area (Å²) in [6, 6.07) is 13.0. The third-order valence-electron chi connectivity index (χ3n) is 4.71. The number of nitrogens with one attached hydrogen (secondary N) is 2. The quantitative estimate of drug-likeness (QED) is 0.608. The lowest BCUT2D eigenvalue weighted by Gasteiger charge is -2.15. The van der Waals surface area contributed by atoms with Crippen molar-refractivity contribution in [3.63, 3.8) is 0 Å². The Labute approximate surface area is 172 Å². The number of hydrogen-bond donors (Lipinski definition) is 2. The second kappa shape index (κ2) is 9.00. The first-order valence-corrected chi connectivity index (χ1v) is 10.6. The number of rotatable bonds is 6. The molecule has 0 spiro atoms. The summed E-state index contributed by atoms with van der Waals surface area (Å²) in [5.74, 6) is 0.363. The Morgan fingerprint density at radius 1 is 1.10 bits per heavy atom. The number of furan rings is 1. The standard InChI is InChI=1S/C21H22N4O3S/c26-19(24-20(27)22-13-16-9-6-12-28-16)14-29-21-23-17-10-4-5-11-18(17)25(21)15-7-2-1-3-8-15/h1-3,6-9,12H,4-5,10-11,13-14H2,(H2,22,24,26,27). The van der Waals surface area contributed by atoms with Gasteiger partial charge in [0.25, 0.3) is 0 Å². The number of carbonyl (C=O) groups is 2. The maximum absolute atomic E-state index is 12.2. The van der Waals surface area contributed by atoms with Gasteiger partial charge in [-0.3, -0.25) is 14.7 Å². The van der Waals surface area contributed by atoms with Crippen molar-refractivity contribution >= 4 is 23.7 Å². The van der Waals surface area contributed by atoms with Gasteiger partial charge >= 0.3 is 6.03 Å².